The second-order valence-electron chi connectivity index (χ2n) is 3.51. The first-order valence-electron chi connectivity index (χ1n) is 5.11. The minimum atomic E-state index is 0. The Labute approximate surface area is 135 Å². The van der Waals surface area contributed by atoms with E-state index in [4.69, 9.17) is 5.73 Å². The molecule has 0 atom stereocenters. The minimum Gasteiger partial charge on any atom is -0.370 e. The Morgan fingerprint density at radius 1 is 1.47 bits per heavy atom. The van der Waals surface area contributed by atoms with E-state index in [0.717, 1.165) is 29.1 Å². The maximum Gasteiger partial charge on any atom is 0.191 e. The van der Waals surface area contributed by atoms with E-state index in [1.807, 2.05) is 11.8 Å². The Kier molecular flexibility index (Phi) is 7.20. The van der Waals surface area contributed by atoms with Gasteiger partial charge in [-0.3, -0.25) is 0 Å². The third kappa shape index (κ3) is 4.96. The van der Waals surface area contributed by atoms with E-state index in [-0.39, 0.29) is 24.0 Å². The molecule has 0 aliphatic carbocycles. The Morgan fingerprint density at radius 2 is 2.18 bits per heavy atom. The average molecular weight is 448 g/mol. The lowest BCUT2D eigenvalue weighted by Gasteiger charge is -2.27. The normalized spacial score (nSPS) is 16.8. The largest absolute Gasteiger partial charge is 0.370 e. The predicted molar refractivity (Wildman–Crippen MR) is 91.7 cm³/mol. The van der Waals surface area contributed by atoms with Gasteiger partial charge in [-0.05, 0) is 22.0 Å². The van der Waals surface area contributed by atoms with Crippen LogP contribution in [0.5, 0.6) is 0 Å². The zero-order valence-corrected chi connectivity index (χ0v) is 14.8. The topological polar surface area (TPSA) is 41.6 Å². The summed E-state index contributed by atoms with van der Waals surface area (Å²) in [6, 6.07) is 2.09. The van der Waals surface area contributed by atoms with E-state index < -0.39 is 0 Å². The maximum absolute atomic E-state index is 5.96. The molecule has 1 aliphatic rings. The van der Waals surface area contributed by atoms with Crippen LogP contribution in [0.4, 0.5) is 0 Å². The SMILES string of the molecule is I.NC(=NCc1cc(Br)cs1)N1CCSCC1. The smallest absolute Gasteiger partial charge is 0.191 e. The van der Waals surface area contributed by atoms with Crippen molar-refractivity contribution in [2.75, 3.05) is 24.6 Å². The number of hydrogen-bond donors (Lipinski definition) is 1. The van der Waals surface area contributed by atoms with Gasteiger partial charge >= 0.3 is 0 Å². The van der Waals surface area contributed by atoms with E-state index in [0.29, 0.717) is 12.5 Å². The van der Waals surface area contributed by atoms with Crippen molar-refractivity contribution in [2.45, 2.75) is 6.54 Å². The summed E-state index contributed by atoms with van der Waals surface area (Å²) in [5.41, 5.74) is 5.96. The van der Waals surface area contributed by atoms with Crippen molar-refractivity contribution in [1.29, 1.82) is 0 Å². The third-order valence-electron chi connectivity index (χ3n) is 2.35. The molecule has 0 unspecified atom stereocenters. The highest BCUT2D eigenvalue weighted by Gasteiger charge is 2.11. The lowest BCUT2D eigenvalue weighted by atomic mass is 10.5. The van der Waals surface area contributed by atoms with Crippen molar-refractivity contribution in [2.24, 2.45) is 10.7 Å². The van der Waals surface area contributed by atoms with Gasteiger partial charge < -0.3 is 10.6 Å². The summed E-state index contributed by atoms with van der Waals surface area (Å²) < 4.78 is 1.12. The predicted octanol–water partition coefficient (Wildman–Crippen LogP) is 2.99. The van der Waals surface area contributed by atoms with Crippen LogP contribution in [0.15, 0.2) is 20.9 Å². The molecule has 2 rings (SSSR count). The fourth-order valence-corrected chi connectivity index (χ4v) is 3.77. The number of aliphatic imine (C=N–C) groups is 1. The molecule has 1 saturated heterocycles. The molecule has 0 bridgehead atoms. The highest BCUT2D eigenvalue weighted by Crippen LogP contribution is 2.20. The third-order valence-corrected chi connectivity index (χ3v) is 4.98. The van der Waals surface area contributed by atoms with Gasteiger partial charge in [0.2, 0.25) is 0 Å². The standard InChI is InChI=1S/C10H14BrN3S2.HI/c11-8-5-9(16-7-8)6-13-10(12)14-1-3-15-4-2-14;/h5,7H,1-4,6H2,(H2,12,13);1H. The first kappa shape index (κ1) is 15.6. The first-order valence-corrected chi connectivity index (χ1v) is 7.94. The molecule has 1 aromatic rings. The minimum absolute atomic E-state index is 0. The van der Waals surface area contributed by atoms with E-state index in [2.05, 4.69) is 37.3 Å². The van der Waals surface area contributed by atoms with Gasteiger partial charge in [-0.1, -0.05) is 0 Å². The molecule has 0 spiro atoms. The highest BCUT2D eigenvalue weighted by molar-refractivity contribution is 14.0. The zero-order valence-electron chi connectivity index (χ0n) is 9.26. The fourth-order valence-electron chi connectivity index (χ4n) is 1.49. The average Bonchev–Trinajstić information content (AvgIpc) is 2.73. The molecule has 1 aromatic heterocycles. The summed E-state index contributed by atoms with van der Waals surface area (Å²) in [5.74, 6) is 2.99. The maximum atomic E-state index is 5.96. The van der Waals surface area contributed by atoms with Crippen LogP contribution in [0.3, 0.4) is 0 Å². The van der Waals surface area contributed by atoms with Gasteiger partial charge in [0.25, 0.3) is 0 Å². The van der Waals surface area contributed by atoms with Crippen molar-refractivity contribution >= 4 is 69.0 Å². The molecule has 1 fully saturated rings. The molecule has 0 aromatic carbocycles. The quantitative estimate of drug-likeness (QED) is 0.430. The number of hydrogen-bond acceptors (Lipinski definition) is 3. The first-order chi connectivity index (χ1) is 7.75. The number of rotatable bonds is 2. The fraction of sp³-hybridized carbons (Fsp3) is 0.500. The van der Waals surface area contributed by atoms with Crippen LogP contribution in [0.25, 0.3) is 0 Å². The van der Waals surface area contributed by atoms with Gasteiger partial charge in [0.05, 0.1) is 6.54 Å². The number of nitrogens with zero attached hydrogens (tertiary/aromatic N) is 2. The second kappa shape index (κ2) is 7.85. The molecule has 7 heteroatoms. The number of halogens is 2. The van der Waals surface area contributed by atoms with Crippen LogP contribution < -0.4 is 5.73 Å². The number of guanidine groups is 1. The van der Waals surface area contributed by atoms with Gasteiger partial charge in [0.1, 0.15) is 0 Å². The lowest BCUT2D eigenvalue weighted by Crippen LogP contribution is -2.42. The number of thiophene rings is 1. The van der Waals surface area contributed by atoms with Crippen molar-refractivity contribution in [3.8, 4) is 0 Å². The Bertz CT molecular complexity index is 377. The molecule has 3 nitrogen and oxygen atoms in total. The van der Waals surface area contributed by atoms with Gasteiger partial charge in [-0.2, -0.15) is 11.8 Å². The van der Waals surface area contributed by atoms with E-state index in [9.17, 15) is 0 Å². The second-order valence-corrected chi connectivity index (χ2v) is 6.64. The molecule has 2 heterocycles. The molecule has 0 radical (unpaired) electrons. The van der Waals surface area contributed by atoms with Gasteiger partial charge in [-0.15, -0.1) is 35.3 Å². The van der Waals surface area contributed by atoms with E-state index in [1.165, 1.54) is 4.88 Å². The summed E-state index contributed by atoms with van der Waals surface area (Å²) >= 11 is 7.12. The summed E-state index contributed by atoms with van der Waals surface area (Å²) in [7, 11) is 0. The van der Waals surface area contributed by atoms with Crippen LogP contribution in [0.1, 0.15) is 4.88 Å². The van der Waals surface area contributed by atoms with Crippen molar-refractivity contribution in [1.82, 2.24) is 4.90 Å². The lowest BCUT2D eigenvalue weighted by molar-refractivity contribution is 0.456. The van der Waals surface area contributed by atoms with Crippen LogP contribution in [0, 0.1) is 0 Å². The Hall–Kier alpha value is 0.530. The van der Waals surface area contributed by atoms with Gasteiger partial charge in [0, 0.05) is 39.3 Å². The highest BCUT2D eigenvalue weighted by atomic mass is 127. The van der Waals surface area contributed by atoms with E-state index >= 15 is 0 Å². The summed E-state index contributed by atoms with van der Waals surface area (Å²) in [6.07, 6.45) is 0. The number of nitrogens with two attached hydrogens (primary N) is 1. The summed E-state index contributed by atoms with van der Waals surface area (Å²) in [6.45, 7) is 2.73. The van der Waals surface area contributed by atoms with Gasteiger partial charge in [0.15, 0.2) is 5.96 Å². The molecule has 0 saturated carbocycles. The van der Waals surface area contributed by atoms with Crippen LogP contribution in [-0.2, 0) is 6.54 Å². The molecular formula is C10H15BrIN3S2. The Morgan fingerprint density at radius 3 is 2.76 bits per heavy atom. The van der Waals surface area contributed by atoms with Crippen LogP contribution in [0.2, 0.25) is 0 Å². The molecule has 2 N–H and O–H groups in total. The molecular weight excluding hydrogens is 433 g/mol. The van der Waals surface area contributed by atoms with Crippen molar-refractivity contribution in [3.05, 3.63) is 20.8 Å². The van der Waals surface area contributed by atoms with E-state index in [1.54, 1.807) is 11.3 Å². The monoisotopic (exact) mass is 447 g/mol. The summed E-state index contributed by atoms with van der Waals surface area (Å²) in [5, 5.41) is 2.07. The Balaban J connectivity index is 0.00000144. The molecule has 0 amide bonds. The van der Waals surface area contributed by atoms with Gasteiger partial charge in [-0.25, -0.2) is 4.99 Å². The zero-order chi connectivity index (χ0) is 11.4. The van der Waals surface area contributed by atoms with Crippen molar-refractivity contribution < 1.29 is 0 Å². The van der Waals surface area contributed by atoms with Crippen LogP contribution in [-0.4, -0.2) is 35.5 Å². The van der Waals surface area contributed by atoms with Crippen LogP contribution >= 0.6 is 63.0 Å². The molecule has 96 valence electrons. The number of thioether (sulfide) groups is 1. The summed E-state index contributed by atoms with van der Waals surface area (Å²) in [4.78, 5) is 7.84. The molecule has 1 aliphatic heterocycles. The van der Waals surface area contributed by atoms with Crippen molar-refractivity contribution in [3.63, 3.8) is 0 Å². The molecule has 17 heavy (non-hydrogen) atoms.